The zero-order chi connectivity index (χ0) is 64.9. The molecule has 92 heavy (non-hydrogen) atoms. The van der Waals surface area contributed by atoms with E-state index < -0.39 is 67.1 Å². The van der Waals surface area contributed by atoms with Gasteiger partial charge in [-0.1, -0.05) is 108 Å². The number of benzene rings is 6. The molecule has 3 N–H and O–H groups in total. The molecule has 0 saturated heterocycles. The molecule has 0 bridgehead atoms. The number of amides is 1. The second-order valence-corrected chi connectivity index (χ2v) is 22.8. The minimum Gasteiger partial charge on any atom is -0.348 e. The number of nitrogens with zero attached hydrogens (tertiary/aromatic N) is 6. The van der Waals surface area contributed by atoms with E-state index in [4.69, 9.17) is 49.0 Å². The fourth-order valence-corrected chi connectivity index (χ4v) is 11.6. The summed E-state index contributed by atoms with van der Waals surface area (Å²) in [6.45, 7) is 0.579. The van der Waals surface area contributed by atoms with Crippen molar-refractivity contribution in [2.24, 2.45) is 5.73 Å². The minimum atomic E-state index is -3.81. The number of para-hydroxylation sites is 1. The number of halogens is 8. The van der Waals surface area contributed by atoms with E-state index in [1.807, 2.05) is 89.6 Å². The predicted molar refractivity (Wildman–Crippen MR) is 348 cm³/mol. The maximum atomic E-state index is 13.6. The van der Waals surface area contributed by atoms with Crippen molar-refractivity contribution in [1.82, 2.24) is 33.0 Å². The van der Waals surface area contributed by atoms with E-state index in [1.165, 1.54) is 62.0 Å². The van der Waals surface area contributed by atoms with Crippen molar-refractivity contribution in [2.75, 3.05) is 0 Å². The van der Waals surface area contributed by atoms with Crippen LogP contribution in [0.3, 0.4) is 0 Å². The standard InChI is InChI=1S/C33H23ClF2N4O2.C20H16ClN3O2S.C13H8ClF2NO2.ClH.O2S/c34-27-13-14-37-31-30(27)26(20-40(31)24-8-2-1-3-9-24)23-7-4-6-21(16-23)18-38-32(41)25-10-5-15-39(33(25)42)19-22-11-12-28(35)29(36)17-22;21-18-9-10-23-20-19(18)17(15-6-4-5-14(11-15)12-22)13-24(20)27(25,26)16-7-2-1-3-8-16;14-12(18)9-2-1-5-17(13(9)19)7-8-3-4-10(15)11(16)6-8;;1-3-2/h1-17,20H,18-19H2,(H,38,41);1-11,13H,12,22H2;1-6H,7H2;1H;. The second kappa shape index (κ2) is 30.9. The Morgan fingerprint density at radius 3 is 1.59 bits per heavy atom. The van der Waals surface area contributed by atoms with Gasteiger partial charge in [0.2, 0.25) is 0 Å². The number of fused-ring (bicyclic) bond motifs is 2. The van der Waals surface area contributed by atoms with Gasteiger partial charge in [0.15, 0.2) is 28.9 Å². The third-order valence-corrected chi connectivity index (χ3v) is 16.4. The van der Waals surface area contributed by atoms with Gasteiger partial charge in [-0.15, -0.1) is 12.4 Å². The fourth-order valence-electron chi connectivity index (χ4n) is 9.62. The van der Waals surface area contributed by atoms with Crippen LogP contribution in [0.2, 0.25) is 10.0 Å². The van der Waals surface area contributed by atoms with Gasteiger partial charge in [-0.25, -0.2) is 39.9 Å². The lowest BCUT2D eigenvalue weighted by Gasteiger charge is -2.10. The van der Waals surface area contributed by atoms with E-state index in [1.54, 1.807) is 60.9 Å². The van der Waals surface area contributed by atoms with Crippen LogP contribution in [-0.2, 0) is 47.8 Å². The number of carbonyl (C=O) groups is 2. The highest BCUT2D eigenvalue weighted by Gasteiger charge is 2.25. The summed E-state index contributed by atoms with van der Waals surface area (Å²) in [5, 5.41) is 4.38. The van der Waals surface area contributed by atoms with E-state index in [0.717, 1.165) is 68.8 Å². The molecule has 16 nitrogen and oxygen atoms in total. The van der Waals surface area contributed by atoms with Crippen LogP contribution in [0.5, 0.6) is 0 Å². The monoisotopic (exact) mass is 1360 g/mol. The van der Waals surface area contributed by atoms with Crippen LogP contribution >= 0.6 is 47.2 Å². The third-order valence-electron chi connectivity index (χ3n) is 13.9. The van der Waals surface area contributed by atoms with Crippen LogP contribution in [0.1, 0.15) is 43.0 Å². The third kappa shape index (κ3) is 15.7. The molecular formula is C66H48Cl4F4N8O8S2. The lowest BCUT2D eigenvalue weighted by atomic mass is 10.0. The molecule has 0 aliphatic carbocycles. The lowest BCUT2D eigenvalue weighted by Crippen LogP contribution is -2.32. The average molecular weight is 1360 g/mol. The van der Waals surface area contributed by atoms with Crippen molar-refractivity contribution in [3.63, 3.8) is 0 Å². The van der Waals surface area contributed by atoms with Crippen LogP contribution in [0.4, 0.5) is 17.6 Å². The van der Waals surface area contributed by atoms with Crippen molar-refractivity contribution in [2.45, 2.75) is 31.1 Å². The summed E-state index contributed by atoms with van der Waals surface area (Å²) in [5.74, 6) is -4.46. The summed E-state index contributed by atoms with van der Waals surface area (Å²) in [6, 6.07) is 49.4. The lowest BCUT2D eigenvalue weighted by molar-refractivity contribution is 0.0948. The van der Waals surface area contributed by atoms with Gasteiger partial charge in [0.1, 0.15) is 11.2 Å². The van der Waals surface area contributed by atoms with Gasteiger partial charge in [0.25, 0.3) is 32.3 Å². The van der Waals surface area contributed by atoms with Gasteiger partial charge < -0.3 is 24.8 Å². The Morgan fingerprint density at radius 2 is 1.04 bits per heavy atom. The first kappa shape index (κ1) is 68.3. The number of hydrogen-bond acceptors (Lipinski definition) is 11. The summed E-state index contributed by atoms with van der Waals surface area (Å²) in [7, 11) is -3.81. The van der Waals surface area contributed by atoms with Crippen LogP contribution < -0.4 is 22.2 Å². The number of pyridine rings is 4. The highest BCUT2D eigenvalue weighted by Crippen LogP contribution is 2.38. The highest BCUT2D eigenvalue weighted by molar-refractivity contribution is 7.90. The first-order chi connectivity index (χ1) is 43.8. The molecule has 0 aliphatic heterocycles. The van der Waals surface area contributed by atoms with Gasteiger partial charge in [0, 0.05) is 77.9 Å². The van der Waals surface area contributed by atoms with Crippen LogP contribution in [0, 0.1) is 23.3 Å². The molecule has 0 radical (unpaired) electrons. The predicted octanol–water partition coefficient (Wildman–Crippen LogP) is 13.1. The SMILES string of the molecule is Cl.NCc1cccc(-c2cn(S(=O)(=O)c3ccccc3)c3nccc(Cl)c23)c1.O=C(Cl)c1cccn(Cc2ccc(F)c(F)c2)c1=O.O=C(NCc1cccc(-c2cn(-c3ccccc3)c3nccc(Cl)c23)c1)c1cccn(Cc2ccc(F)c(F)c2)c1=O.O=S=O. The summed E-state index contributed by atoms with van der Waals surface area (Å²) >= 11 is 17.6. The van der Waals surface area contributed by atoms with Gasteiger partial charge in [0.05, 0.1) is 33.6 Å². The van der Waals surface area contributed by atoms with E-state index >= 15 is 0 Å². The number of carbonyl (C=O) groups excluding carboxylic acids is 2. The average Bonchev–Trinajstić information content (AvgIpc) is 1.62. The van der Waals surface area contributed by atoms with Crippen LogP contribution in [-0.4, -0.2) is 55.6 Å². The Bertz CT molecular complexity index is 4980. The largest absolute Gasteiger partial charge is 0.348 e. The van der Waals surface area contributed by atoms with Gasteiger partial charge in [-0.2, -0.15) is 8.42 Å². The molecule has 12 rings (SSSR count). The molecule has 0 fully saturated rings. The molecule has 1 amide bonds. The second-order valence-electron chi connectivity index (χ2n) is 19.7. The Labute approximate surface area is 546 Å². The number of rotatable bonds is 14. The fraction of sp³-hybridized carbons (Fsp3) is 0.0606. The first-order valence-corrected chi connectivity index (χ1v) is 30.3. The molecule has 0 unspecified atom stereocenters. The molecule has 26 heteroatoms. The smallest absolute Gasteiger partial charge is 0.335 e. The van der Waals surface area contributed by atoms with Crippen molar-refractivity contribution >= 4 is 102 Å². The normalized spacial score (nSPS) is 10.8. The van der Waals surface area contributed by atoms with Crippen molar-refractivity contribution in [3.8, 4) is 27.9 Å². The highest BCUT2D eigenvalue weighted by atomic mass is 35.5. The molecule has 6 aromatic carbocycles. The Kier molecular flexibility index (Phi) is 22.9. The van der Waals surface area contributed by atoms with Crippen molar-refractivity contribution < 1.29 is 44.0 Å². The van der Waals surface area contributed by atoms with E-state index in [-0.39, 0.29) is 48.1 Å². The molecule has 12 aromatic rings. The summed E-state index contributed by atoms with van der Waals surface area (Å²) in [4.78, 5) is 58.0. The van der Waals surface area contributed by atoms with Crippen molar-refractivity contribution in [3.05, 3.63) is 307 Å². The Hall–Kier alpha value is -9.65. The topological polar surface area (TPSA) is 220 Å². The van der Waals surface area contributed by atoms with Crippen LogP contribution in [0.15, 0.2) is 234 Å². The molecule has 0 saturated carbocycles. The van der Waals surface area contributed by atoms with E-state index in [0.29, 0.717) is 44.3 Å². The number of nitrogens with two attached hydrogens (primary N) is 1. The van der Waals surface area contributed by atoms with Gasteiger partial charge in [-0.3, -0.25) is 19.2 Å². The molecule has 0 atom stereocenters. The van der Waals surface area contributed by atoms with Gasteiger partial charge in [-0.05, 0) is 142 Å². The maximum absolute atomic E-state index is 13.6. The molecule has 6 aromatic heterocycles. The molecule has 6 heterocycles. The van der Waals surface area contributed by atoms with Gasteiger partial charge >= 0.3 is 11.6 Å². The number of nitrogens with one attached hydrogen (secondary N) is 1. The number of hydrogen-bond donors (Lipinski definition) is 2. The van der Waals surface area contributed by atoms with E-state index in [9.17, 15) is 45.2 Å². The molecule has 0 aliphatic rings. The van der Waals surface area contributed by atoms with E-state index in [2.05, 4.69) is 15.3 Å². The Morgan fingerprint density at radius 1 is 0.554 bits per heavy atom. The molecular weight excluding hydrogens is 1310 g/mol. The zero-order valence-corrected chi connectivity index (χ0v) is 52.2. The summed E-state index contributed by atoms with van der Waals surface area (Å²) in [5.41, 5.74) is 12.3. The minimum absolute atomic E-state index is 0. The van der Waals surface area contributed by atoms with Crippen molar-refractivity contribution in [1.29, 1.82) is 0 Å². The first-order valence-electron chi connectivity index (χ1n) is 27.0. The summed E-state index contributed by atoms with van der Waals surface area (Å²) < 4.78 is 101. The zero-order valence-electron chi connectivity index (χ0n) is 47.5. The number of aromatic nitrogens is 6. The maximum Gasteiger partial charge on any atom is 0.335 e. The summed E-state index contributed by atoms with van der Waals surface area (Å²) in [6.07, 6.45) is 9.68. The van der Waals surface area contributed by atoms with Crippen LogP contribution in [0.25, 0.3) is 50.0 Å². The Balaban J connectivity index is 0.000000187. The quantitative estimate of drug-likeness (QED) is 0.0770. The molecule has 0 spiro atoms. The molecule has 468 valence electrons.